The summed E-state index contributed by atoms with van der Waals surface area (Å²) in [5, 5.41) is 3.32. The summed E-state index contributed by atoms with van der Waals surface area (Å²) >= 11 is 0. The van der Waals surface area contributed by atoms with E-state index in [-0.39, 0.29) is 5.91 Å². The van der Waals surface area contributed by atoms with E-state index in [4.69, 9.17) is 14.5 Å². The lowest BCUT2D eigenvalue weighted by molar-refractivity contribution is 0.0303. The van der Waals surface area contributed by atoms with Crippen molar-refractivity contribution in [2.24, 2.45) is 7.05 Å². The molecule has 2 fully saturated rings. The molecule has 31 heavy (non-hydrogen) atoms. The molecule has 2 aromatic heterocycles. The summed E-state index contributed by atoms with van der Waals surface area (Å²) in [4.78, 5) is 23.8. The standard InChI is InChI=1S/C22H28N6O3/c1-15-13-16(21(29)27-7-11-31-12-8-27)3-4-18(15)24-22-23-14-19-20(25-22)28(26(19)2)17-5-9-30-10-6-17/h3-4,13-14,17H,5-12H2,1-2H3,(H,23,24,25). The monoisotopic (exact) mass is 424 g/mol. The van der Waals surface area contributed by atoms with Crippen LogP contribution in [0.15, 0.2) is 24.4 Å². The van der Waals surface area contributed by atoms with Crippen LogP contribution in [0, 0.1) is 6.92 Å². The second kappa shape index (κ2) is 8.32. The number of morpholine rings is 1. The molecule has 1 amide bonds. The van der Waals surface area contributed by atoms with Crippen molar-refractivity contribution in [2.75, 3.05) is 44.8 Å². The molecule has 1 N–H and O–H groups in total. The third kappa shape index (κ3) is 3.79. The number of hydrogen-bond acceptors (Lipinski definition) is 6. The summed E-state index contributed by atoms with van der Waals surface area (Å²) in [6.07, 6.45) is 3.84. The van der Waals surface area contributed by atoms with Crippen LogP contribution in [-0.4, -0.2) is 69.7 Å². The Balaban J connectivity index is 1.35. The van der Waals surface area contributed by atoms with Crippen molar-refractivity contribution in [3.8, 4) is 0 Å². The van der Waals surface area contributed by atoms with E-state index >= 15 is 0 Å². The number of nitrogens with zero attached hydrogens (tertiary/aromatic N) is 5. The molecular weight excluding hydrogens is 396 g/mol. The minimum atomic E-state index is 0.0467. The molecule has 9 nitrogen and oxygen atoms in total. The van der Waals surface area contributed by atoms with Crippen LogP contribution in [0.25, 0.3) is 11.2 Å². The molecule has 2 aliphatic rings. The normalized spacial score (nSPS) is 17.9. The molecule has 1 aromatic carbocycles. The van der Waals surface area contributed by atoms with Crippen molar-refractivity contribution >= 4 is 28.7 Å². The molecule has 0 aliphatic carbocycles. The average molecular weight is 425 g/mol. The van der Waals surface area contributed by atoms with Gasteiger partial charge in [0.15, 0.2) is 5.65 Å². The van der Waals surface area contributed by atoms with Crippen LogP contribution >= 0.6 is 0 Å². The lowest BCUT2D eigenvalue weighted by atomic mass is 10.1. The summed E-state index contributed by atoms with van der Waals surface area (Å²) in [7, 11) is 2.04. The van der Waals surface area contributed by atoms with E-state index in [1.807, 2.05) is 43.3 Å². The van der Waals surface area contributed by atoms with Crippen LogP contribution in [0.1, 0.15) is 34.8 Å². The molecule has 0 radical (unpaired) electrons. The maximum absolute atomic E-state index is 12.7. The minimum Gasteiger partial charge on any atom is -0.381 e. The SMILES string of the molecule is Cc1cc(C(=O)N2CCOCC2)ccc1Nc1ncc2c(n1)n(C1CCOCC1)n2C. The van der Waals surface area contributed by atoms with Gasteiger partial charge in [0.05, 0.1) is 25.5 Å². The van der Waals surface area contributed by atoms with Gasteiger partial charge in [0.25, 0.3) is 5.91 Å². The van der Waals surface area contributed by atoms with Crippen LogP contribution in [0.3, 0.4) is 0 Å². The van der Waals surface area contributed by atoms with E-state index in [9.17, 15) is 4.79 Å². The van der Waals surface area contributed by atoms with Crippen molar-refractivity contribution in [1.82, 2.24) is 24.2 Å². The largest absolute Gasteiger partial charge is 0.381 e. The number of aryl methyl sites for hydroxylation is 2. The third-order valence-corrected chi connectivity index (χ3v) is 6.19. The van der Waals surface area contributed by atoms with E-state index in [0.29, 0.717) is 43.9 Å². The summed E-state index contributed by atoms with van der Waals surface area (Å²) in [6, 6.07) is 6.11. The van der Waals surface area contributed by atoms with Crippen molar-refractivity contribution in [3.63, 3.8) is 0 Å². The smallest absolute Gasteiger partial charge is 0.254 e. The van der Waals surface area contributed by atoms with Gasteiger partial charge in [0.1, 0.15) is 5.52 Å². The average Bonchev–Trinajstić information content (AvgIpc) is 2.81. The quantitative estimate of drug-likeness (QED) is 0.693. The lowest BCUT2D eigenvalue weighted by Crippen LogP contribution is -2.40. The predicted molar refractivity (Wildman–Crippen MR) is 117 cm³/mol. The van der Waals surface area contributed by atoms with Gasteiger partial charge < -0.3 is 19.7 Å². The zero-order valence-corrected chi connectivity index (χ0v) is 18.0. The molecule has 0 atom stereocenters. The number of fused-ring (bicyclic) bond motifs is 1. The topological polar surface area (TPSA) is 86.4 Å². The number of aromatic nitrogens is 4. The highest BCUT2D eigenvalue weighted by molar-refractivity contribution is 5.95. The Morgan fingerprint density at radius 1 is 1.13 bits per heavy atom. The van der Waals surface area contributed by atoms with E-state index in [1.165, 1.54) is 0 Å². The fourth-order valence-electron chi connectivity index (χ4n) is 4.39. The van der Waals surface area contributed by atoms with Crippen molar-refractivity contribution in [2.45, 2.75) is 25.8 Å². The molecule has 164 valence electrons. The first kappa shape index (κ1) is 20.0. The van der Waals surface area contributed by atoms with Crippen LogP contribution in [0.4, 0.5) is 11.6 Å². The molecule has 5 rings (SSSR count). The van der Waals surface area contributed by atoms with Crippen molar-refractivity contribution in [1.29, 1.82) is 0 Å². The number of carbonyl (C=O) groups excluding carboxylic acids is 1. The van der Waals surface area contributed by atoms with E-state index < -0.39 is 0 Å². The zero-order chi connectivity index (χ0) is 21.4. The highest BCUT2D eigenvalue weighted by Gasteiger charge is 2.24. The molecule has 0 bridgehead atoms. The molecule has 0 spiro atoms. The van der Waals surface area contributed by atoms with Gasteiger partial charge >= 0.3 is 0 Å². The summed E-state index contributed by atoms with van der Waals surface area (Å²) in [5.74, 6) is 0.602. The molecule has 4 heterocycles. The Morgan fingerprint density at radius 2 is 1.87 bits per heavy atom. The molecular formula is C22H28N6O3. The van der Waals surface area contributed by atoms with Crippen molar-refractivity contribution in [3.05, 3.63) is 35.5 Å². The van der Waals surface area contributed by atoms with Crippen LogP contribution < -0.4 is 5.32 Å². The molecule has 0 unspecified atom stereocenters. The Morgan fingerprint density at radius 3 is 2.61 bits per heavy atom. The van der Waals surface area contributed by atoms with Crippen LogP contribution in [0.2, 0.25) is 0 Å². The zero-order valence-electron chi connectivity index (χ0n) is 18.0. The van der Waals surface area contributed by atoms with E-state index in [2.05, 4.69) is 19.7 Å². The number of rotatable bonds is 4. The predicted octanol–water partition coefficient (Wildman–Crippen LogP) is 2.65. The second-order valence-electron chi connectivity index (χ2n) is 8.17. The molecule has 2 aliphatic heterocycles. The van der Waals surface area contributed by atoms with Gasteiger partial charge in [-0.15, -0.1) is 0 Å². The number of amides is 1. The fourth-order valence-corrected chi connectivity index (χ4v) is 4.39. The van der Waals surface area contributed by atoms with Crippen LogP contribution in [-0.2, 0) is 16.5 Å². The highest BCUT2D eigenvalue weighted by Crippen LogP contribution is 2.29. The van der Waals surface area contributed by atoms with E-state index in [1.54, 1.807) is 0 Å². The van der Waals surface area contributed by atoms with E-state index in [0.717, 1.165) is 48.5 Å². The van der Waals surface area contributed by atoms with Gasteiger partial charge in [-0.3, -0.25) is 14.2 Å². The Labute approximate surface area is 180 Å². The highest BCUT2D eigenvalue weighted by atomic mass is 16.5. The van der Waals surface area contributed by atoms with Crippen molar-refractivity contribution < 1.29 is 14.3 Å². The second-order valence-corrected chi connectivity index (χ2v) is 8.17. The Kier molecular flexibility index (Phi) is 5.37. The number of carbonyl (C=O) groups is 1. The van der Waals surface area contributed by atoms with Gasteiger partial charge in [-0.05, 0) is 43.5 Å². The maximum Gasteiger partial charge on any atom is 0.254 e. The number of hydrogen-bond donors (Lipinski definition) is 1. The van der Waals surface area contributed by atoms with Gasteiger partial charge in [-0.25, -0.2) is 4.98 Å². The summed E-state index contributed by atoms with van der Waals surface area (Å²) in [5.41, 5.74) is 4.53. The number of benzene rings is 1. The first-order valence-corrected chi connectivity index (χ1v) is 10.8. The third-order valence-electron chi connectivity index (χ3n) is 6.19. The molecule has 2 saturated heterocycles. The minimum absolute atomic E-state index is 0.0467. The Hall–Kier alpha value is -2.91. The van der Waals surface area contributed by atoms with Crippen LogP contribution in [0.5, 0.6) is 0 Å². The molecule has 0 saturated carbocycles. The Bertz CT molecular complexity index is 1090. The first-order valence-electron chi connectivity index (χ1n) is 10.8. The summed E-state index contributed by atoms with van der Waals surface area (Å²) < 4.78 is 15.2. The van der Waals surface area contributed by atoms with Gasteiger partial charge in [0.2, 0.25) is 5.95 Å². The summed E-state index contributed by atoms with van der Waals surface area (Å²) in [6.45, 7) is 6.03. The van der Waals surface area contributed by atoms with Gasteiger partial charge in [0, 0.05) is 44.6 Å². The first-order chi connectivity index (χ1) is 15.1. The number of nitrogens with one attached hydrogen (secondary N) is 1. The van der Waals surface area contributed by atoms with Gasteiger partial charge in [-0.1, -0.05) is 0 Å². The number of anilines is 2. The molecule has 9 heteroatoms. The number of ether oxygens (including phenoxy) is 2. The lowest BCUT2D eigenvalue weighted by Gasteiger charge is -2.32. The molecule has 3 aromatic rings. The maximum atomic E-state index is 12.7. The fraction of sp³-hybridized carbons (Fsp3) is 0.500. The van der Waals surface area contributed by atoms with Gasteiger partial charge in [-0.2, -0.15) is 4.98 Å².